The molecule has 0 aliphatic rings. The van der Waals surface area contributed by atoms with Crippen molar-refractivity contribution >= 4 is 22.7 Å². The molecule has 0 aliphatic carbocycles. The third-order valence-corrected chi connectivity index (χ3v) is 4.97. The van der Waals surface area contributed by atoms with Crippen molar-refractivity contribution in [3.63, 3.8) is 0 Å². The number of rotatable bonds is 6. The molecule has 0 amide bonds. The van der Waals surface area contributed by atoms with Crippen LogP contribution in [0.3, 0.4) is 0 Å². The van der Waals surface area contributed by atoms with Gasteiger partial charge < -0.3 is 5.32 Å². The normalized spacial score (nSPS) is 12.4. The summed E-state index contributed by atoms with van der Waals surface area (Å²) in [6, 6.07) is 10.6. The van der Waals surface area contributed by atoms with Crippen LogP contribution in [0.4, 0.5) is 0 Å². The maximum absolute atomic E-state index is 4.65. The number of hydrogen-bond acceptors (Lipinski definition) is 5. The molecule has 0 radical (unpaired) electrons. The van der Waals surface area contributed by atoms with E-state index in [0.29, 0.717) is 6.04 Å². The van der Waals surface area contributed by atoms with E-state index in [-0.39, 0.29) is 0 Å². The zero-order valence-corrected chi connectivity index (χ0v) is 13.5. The predicted octanol–water partition coefficient (Wildman–Crippen LogP) is 3.99. The monoisotopic (exact) mass is 315 g/mol. The Morgan fingerprint density at radius 3 is 2.90 bits per heavy atom. The van der Waals surface area contributed by atoms with Gasteiger partial charge in [0.25, 0.3) is 0 Å². The summed E-state index contributed by atoms with van der Waals surface area (Å²) in [4.78, 5) is 10.4. The number of nitrogens with one attached hydrogen (secondary N) is 1. The zero-order chi connectivity index (χ0) is 14.5. The summed E-state index contributed by atoms with van der Waals surface area (Å²) < 4.78 is 0. The van der Waals surface area contributed by atoms with E-state index in [4.69, 9.17) is 0 Å². The van der Waals surface area contributed by atoms with Crippen molar-refractivity contribution in [3.05, 3.63) is 57.9 Å². The van der Waals surface area contributed by atoms with Crippen molar-refractivity contribution in [3.8, 4) is 10.7 Å². The SMILES string of the molecule is CC(Cc1cccs1)NCc1csc(-c2ccccn2)n1. The molecule has 21 heavy (non-hydrogen) atoms. The minimum atomic E-state index is 0.448. The largest absolute Gasteiger partial charge is 0.308 e. The van der Waals surface area contributed by atoms with Gasteiger partial charge >= 0.3 is 0 Å². The first-order chi connectivity index (χ1) is 10.3. The molecule has 1 unspecified atom stereocenters. The topological polar surface area (TPSA) is 37.8 Å². The smallest absolute Gasteiger partial charge is 0.142 e. The number of aromatic nitrogens is 2. The number of pyridine rings is 1. The Labute approximate surface area is 132 Å². The van der Waals surface area contributed by atoms with Gasteiger partial charge in [0.2, 0.25) is 0 Å². The van der Waals surface area contributed by atoms with Crippen molar-refractivity contribution in [2.45, 2.75) is 25.9 Å². The Bertz CT molecular complexity index is 662. The van der Waals surface area contributed by atoms with Crippen LogP contribution in [-0.2, 0) is 13.0 Å². The molecule has 0 saturated heterocycles. The van der Waals surface area contributed by atoms with Crippen LogP contribution in [0.2, 0.25) is 0 Å². The summed E-state index contributed by atoms with van der Waals surface area (Å²) in [5.74, 6) is 0. The van der Waals surface area contributed by atoms with Gasteiger partial charge in [-0.15, -0.1) is 22.7 Å². The van der Waals surface area contributed by atoms with Gasteiger partial charge in [0.05, 0.1) is 11.4 Å². The van der Waals surface area contributed by atoms with Crippen LogP contribution < -0.4 is 5.32 Å². The highest BCUT2D eigenvalue weighted by Crippen LogP contribution is 2.21. The average molecular weight is 315 g/mol. The molecule has 0 saturated carbocycles. The highest BCUT2D eigenvalue weighted by Gasteiger charge is 2.08. The second-order valence-electron chi connectivity index (χ2n) is 4.92. The van der Waals surface area contributed by atoms with Gasteiger partial charge in [0.15, 0.2) is 0 Å². The summed E-state index contributed by atoms with van der Waals surface area (Å²) in [5.41, 5.74) is 2.03. The van der Waals surface area contributed by atoms with E-state index in [0.717, 1.165) is 29.4 Å². The van der Waals surface area contributed by atoms with Crippen molar-refractivity contribution in [1.29, 1.82) is 0 Å². The first-order valence-electron chi connectivity index (χ1n) is 6.93. The highest BCUT2D eigenvalue weighted by atomic mass is 32.1. The molecule has 1 atom stereocenters. The summed E-state index contributed by atoms with van der Waals surface area (Å²) in [7, 11) is 0. The lowest BCUT2D eigenvalue weighted by molar-refractivity contribution is 0.544. The van der Waals surface area contributed by atoms with Gasteiger partial charge in [-0.2, -0.15) is 0 Å². The Hall–Kier alpha value is -1.56. The van der Waals surface area contributed by atoms with Crippen molar-refractivity contribution in [2.24, 2.45) is 0 Å². The molecule has 0 spiro atoms. The van der Waals surface area contributed by atoms with E-state index in [1.807, 2.05) is 29.5 Å². The van der Waals surface area contributed by atoms with Crippen molar-refractivity contribution in [1.82, 2.24) is 15.3 Å². The van der Waals surface area contributed by atoms with E-state index < -0.39 is 0 Å². The number of thiophene rings is 1. The van der Waals surface area contributed by atoms with Gasteiger partial charge in [-0.25, -0.2) is 4.98 Å². The molecule has 3 nitrogen and oxygen atoms in total. The Balaban J connectivity index is 1.55. The molecule has 0 fully saturated rings. The second kappa shape index (κ2) is 6.93. The van der Waals surface area contributed by atoms with Gasteiger partial charge in [0, 0.05) is 29.0 Å². The van der Waals surface area contributed by atoms with E-state index in [1.165, 1.54) is 4.88 Å². The van der Waals surface area contributed by atoms with E-state index >= 15 is 0 Å². The molecule has 5 heteroatoms. The Morgan fingerprint density at radius 2 is 2.14 bits per heavy atom. The fourth-order valence-electron chi connectivity index (χ4n) is 2.08. The van der Waals surface area contributed by atoms with E-state index in [1.54, 1.807) is 17.5 Å². The lowest BCUT2D eigenvalue weighted by Gasteiger charge is -2.11. The summed E-state index contributed by atoms with van der Waals surface area (Å²) in [6.45, 7) is 3.02. The van der Waals surface area contributed by atoms with Crippen LogP contribution in [0.25, 0.3) is 10.7 Å². The van der Waals surface area contributed by atoms with Crippen LogP contribution in [0.15, 0.2) is 47.3 Å². The fraction of sp³-hybridized carbons (Fsp3) is 0.250. The molecule has 108 valence electrons. The maximum Gasteiger partial charge on any atom is 0.142 e. The quantitative estimate of drug-likeness (QED) is 0.747. The van der Waals surface area contributed by atoms with Crippen LogP contribution in [0.5, 0.6) is 0 Å². The third-order valence-electron chi connectivity index (χ3n) is 3.15. The minimum absolute atomic E-state index is 0.448. The first kappa shape index (κ1) is 14.4. The van der Waals surface area contributed by atoms with Gasteiger partial charge in [0.1, 0.15) is 5.01 Å². The Kier molecular flexibility index (Phi) is 4.75. The standard InChI is InChI=1S/C16H17N3S2/c1-12(9-14-5-4-8-20-14)18-10-13-11-21-16(19-13)15-6-2-3-7-17-15/h2-8,11-12,18H,9-10H2,1H3. The van der Waals surface area contributed by atoms with Crippen LogP contribution in [-0.4, -0.2) is 16.0 Å². The molecule has 3 aromatic rings. The average Bonchev–Trinajstić information content (AvgIpc) is 3.17. The van der Waals surface area contributed by atoms with Gasteiger partial charge in [-0.1, -0.05) is 12.1 Å². The summed E-state index contributed by atoms with van der Waals surface area (Å²) in [5, 5.41) is 8.75. The number of thiazole rings is 1. The minimum Gasteiger partial charge on any atom is -0.308 e. The molecule has 0 bridgehead atoms. The molecular weight excluding hydrogens is 298 g/mol. The molecule has 3 rings (SSSR count). The lowest BCUT2D eigenvalue weighted by Crippen LogP contribution is -2.27. The molecule has 0 aromatic carbocycles. The zero-order valence-electron chi connectivity index (χ0n) is 11.8. The van der Waals surface area contributed by atoms with Crippen molar-refractivity contribution in [2.75, 3.05) is 0 Å². The molecule has 1 N–H and O–H groups in total. The Morgan fingerprint density at radius 1 is 1.19 bits per heavy atom. The maximum atomic E-state index is 4.65. The number of hydrogen-bond donors (Lipinski definition) is 1. The van der Waals surface area contributed by atoms with E-state index in [2.05, 4.69) is 45.1 Å². The highest BCUT2D eigenvalue weighted by molar-refractivity contribution is 7.13. The predicted molar refractivity (Wildman–Crippen MR) is 89.7 cm³/mol. The van der Waals surface area contributed by atoms with Crippen LogP contribution in [0, 0.1) is 0 Å². The fourth-order valence-corrected chi connectivity index (χ4v) is 3.71. The van der Waals surface area contributed by atoms with E-state index in [9.17, 15) is 0 Å². The second-order valence-corrected chi connectivity index (χ2v) is 6.81. The van der Waals surface area contributed by atoms with Gasteiger partial charge in [-0.3, -0.25) is 4.98 Å². The third kappa shape index (κ3) is 3.97. The summed E-state index contributed by atoms with van der Waals surface area (Å²) in [6.07, 6.45) is 2.87. The molecule has 0 aliphatic heterocycles. The van der Waals surface area contributed by atoms with Crippen LogP contribution in [0.1, 0.15) is 17.5 Å². The van der Waals surface area contributed by atoms with Gasteiger partial charge in [-0.05, 0) is 36.9 Å². The molecular formula is C16H17N3S2. The summed E-state index contributed by atoms with van der Waals surface area (Å²) >= 11 is 3.46. The van der Waals surface area contributed by atoms with Crippen LogP contribution >= 0.6 is 22.7 Å². The molecule has 3 aromatic heterocycles. The lowest BCUT2D eigenvalue weighted by atomic mass is 10.2. The number of nitrogens with zero attached hydrogens (tertiary/aromatic N) is 2. The first-order valence-corrected chi connectivity index (χ1v) is 8.69. The molecule has 3 heterocycles. The van der Waals surface area contributed by atoms with Crippen molar-refractivity contribution < 1.29 is 0 Å².